The molecule has 130 valence electrons. The number of nitrogens with zero attached hydrogens (tertiary/aromatic N) is 5. The van der Waals surface area contributed by atoms with Crippen molar-refractivity contribution in [2.45, 2.75) is 18.9 Å². The molecule has 3 heterocycles. The van der Waals surface area contributed by atoms with Gasteiger partial charge in [-0.3, -0.25) is 0 Å². The lowest BCUT2D eigenvalue weighted by atomic mass is 10.1. The molecule has 0 bridgehead atoms. The van der Waals surface area contributed by atoms with Gasteiger partial charge in [0.15, 0.2) is 5.58 Å². The topological polar surface area (TPSA) is 70.3 Å². The van der Waals surface area contributed by atoms with Crippen molar-refractivity contribution in [1.82, 2.24) is 15.0 Å². The van der Waals surface area contributed by atoms with E-state index in [1.165, 1.54) is 0 Å². The Morgan fingerprint density at radius 2 is 1.96 bits per heavy atom. The molecule has 0 amide bonds. The molecule has 4 rings (SSSR count). The summed E-state index contributed by atoms with van der Waals surface area (Å²) in [5, 5.41) is 3.52. The van der Waals surface area contributed by atoms with Crippen molar-refractivity contribution >= 4 is 28.8 Å². The van der Waals surface area contributed by atoms with Crippen LogP contribution >= 0.6 is 0 Å². The quantitative estimate of drug-likeness (QED) is 0.784. The molecule has 0 radical (unpaired) electrons. The van der Waals surface area contributed by atoms with Crippen LogP contribution in [-0.4, -0.2) is 48.2 Å². The Bertz CT molecular complexity index is 820. The fourth-order valence-electron chi connectivity index (χ4n) is 3.09. The first-order valence-electron chi connectivity index (χ1n) is 8.55. The van der Waals surface area contributed by atoms with Gasteiger partial charge < -0.3 is 19.5 Å². The van der Waals surface area contributed by atoms with E-state index in [0.717, 1.165) is 54.7 Å². The number of fused-ring (bicyclic) bond motifs is 1. The van der Waals surface area contributed by atoms with Gasteiger partial charge in [0.2, 0.25) is 0 Å². The van der Waals surface area contributed by atoms with E-state index in [4.69, 9.17) is 4.42 Å². The zero-order chi connectivity index (χ0) is 17.2. The second-order valence-electron chi connectivity index (χ2n) is 6.53. The van der Waals surface area contributed by atoms with Crippen molar-refractivity contribution in [3.63, 3.8) is 0 Å². The van der Waals surface area contributed by atoms with E-state index in [1.807, 2.05) is 49.3 Å². The minimum atomic E-state index is 0.394. The standard InChI is InChI=1S/C18H22N6O/c1-23(2)17-11-16(19-12-20-17)21-13-7-9-24(10-8-13)18-22-14-5-3-4-6-15(14)25-18/h3-6,11-13H,7-10H2,1-2H3,(H,19,20,21). The van der Waals surface area contributed by atoms with E-state index >= 15 is 0 Å². The molecule has 0 aliphatic carbocycles. The van der Waals surface area contributed by atoms with Crippen LogP contribution in [0.4, 0.5) is 17.7 Å². The highest BCUT2D eigenvalue weighted by Crippen LogP contribution is 2.25. The predicted molar refractivity (Wildman–Crippen MR) is 99.2 cm³/mol. The maximum absolute atomic E-state index is 5.87. The Kier molecular flexibility index (Phi) is 4.13. The molecule has 1 fully saturated rings. The molecular formula is C18H22N6O. The highest BCUT2D eigenvalue weighted by Gasteiger charge is 2.23. The number of oxazole rings is 1. The average Bonchev–Trinajstić information content (AvgIpc) is 3.07. The van der Waals surface area contributed by atoms with Gasteiger partial charge in [0.1, 0.15) is 23.5 Å². The van der Waals surface area contributed by atoms with Crippen molar-refractivity contribution in [3.05, 3.63) is 36.7 Å². The number of hydrogen-bond donors (Lipinski definition) is 1. The van der Waals surface area contributed by atoms with Crippen LogP contribution in [0, 0.1) is 0 Å². The minimum absolute atomic E-state index is 0.394. The van der Waals surface area contributed by atoms with E-state index < -0.39 is 0 Å². The summed E-state index contributed by atoms with van der Waals surface area (Å²) in [5.74, 6) is 1.78. The molecule has 0 saturated carbocycles. The average molecular weight is 338 g/mol. The van der Waals surface area contributed by atoms with E-state index in [1.54, 1.807) is 6.33 Å². The third-order valence-electron chi connectivity index (χ3n) is 4.51. The molecular weight excluding hydrogens is 316 g/mol. The zero-order valence-corrected chi connectivity index (χ0v) is 14.5. The van der Waals surface area contributed by atoms with Gasteiger partial charge >= 0.3 is 0 Å². The van der Waals surface area contributed by atoms with Crippen molar-refractivity contribution < 1.29 is 4.42 Å². The third-order valence-corrected chi connectivity index (χ3v) is 4.51. The molecule has 1 N–H and O–H groups in total. The number of hydrogen-bond acceptors (Lipinski definition) is 7. The molecule has 0 spiro atoms. The number of rotatable bonds is 4. The first-order valence-corrected chi connectivity index (χ1v) is 8.55. The zero-order valence-electron chi connectivity index (χ0n) is 14.5. The normalized spacial score (nSPS) is 15.5. The Hall–Kier alpha value is -2.83. The molecule has 0 unspecified atom stereocenters. The van der Waals surface area contributed by atoms with Gasteiger partial charge in [0.25, 0.3) is 6.01 Å². The Balaban J connectivity index is 1.39. The van der Waals surface area contributed by atoms with Gasteiger partial charge in [-0.1, -0.05) is 12.1 Å². The number of piperidine rings is 1. The first kappa shape index (κ1) is 15.7. The fourth-order valence-corrected chi connectivity index (χ4v) is 3.09. The van der Waals surface area contributed by atoms with Gasteiger partial charge in [-0.15, -0.1) is 0 Å². The Morgan fingerprint density at radius 3 is 2.72 bits per heavy atom. The van der Waals surface area contributed by atoms with E-state index in [2.05, 4.69) is 25.2 Å². The summed E-state index contributed by atoms with van der Waals surface area (Å²) >= 11 is 0. The van der Waals surface area contributed by atoms with Crippen LogP contribution in [0.1, 0.15) is 12.8 Å². The number of benzene rings is 1. The van der Waals surface area contributed by atoms with Crippen LogP contribution in [0.2, 0.25) is 0 Å². The molecule has 1 aliphatic heterocycles. The molecule has 7 heteroatoms. The van der Waals surface area contributed by atoms with E-state index in [0.29, 0.717) is 6.04 Å². The highest BCUT2D eigenvalue weighted by atomic mass is 16.4. The van der Waals surface area contributed by atoms with Crippen molar-refractivity contribution in [2.75, 3.05) is 42.3 Å². The Morgan fingerprint density at radius 1 is 1.16 bits per heavy atom. The molecule has 0 atom stereocenters. The predicted octanol–water partition coefficient (Wildman–Crippen LogP) is 2.76. The number of para-hydroxylation sites is 2. The first-order chi connectivity index (χ1) is 12.2. The van der Waals surface area contributed by atoms with Crippen LogP contribution in [0.25, 0.3) is 11.1 Å². The summed E-state index contributed by atoms with van der Waals surface area (Å²) in [6.07, 6.45) is 3.63. The number of anilines is 3. The molecule has 7 nitrogen and oxygen atoms in total. The highest BCUT2D eigenvalue weighted by molar-refractivity contribution is 5.74. The van der Waals surface area contributed by atoms with Gasteiger partial charge in [-0.05, 0) is 25.0 Å². The molecule has 25 heavy (non-hydrogen) atoms. The largest absolute Gasteiger partial charge is 0.423 e. The second-order valence-corrected chi connectivity index (χ2v) is 6.53. The summed E-state index contributed by atoms with van der Waals surface area (Å²) in [4.78, 5) is 17.4. The third kappa shape index (κ3) is 3.35. The number of aromatic nitrogens is 3. The summed E-state index contributed by atoms with van der Waals surface area (Å²) in [6.45, 7) is 1.83. The monoisotopic (exact) mass is 338 g/mol. The maximum atomic E-state index is 5.87. The summed E-state index contributed by atoms with van der Waals surface area (Å²) < 4.78 is 5.87. The minimum Gasteiger partial charge on any atom is -0.423 e. The maximum Gasteiger partial charge on any atom is 0.298 e. The summed E-state index contributed by atoms with van der Waals surface area (Å²) in [6, 6.07) is 11.0. The smallest absolute Gasteiger partial charge is 0.298 e. The lowest BCUT2D eigenvalue weighted by Gasteiger charge is -2.31. The Labute approximate surface area is 146 Å². The van der Waals surface area contributed by atoms with Crippen LogP contribution in [0.15, 0.2) is 41.1 Å². The van der Waals surface area contributed by atoms with Crippen molar-refractivity contribution in [2.24, 2.45) is 0 Å². The van der Waals surface area contributed by atoms with Crippen LogP contribution in [0.5, 0.6) is 0 Å². The van der Waals surface area contributed by atoms with Gasteiger partial charge in [0, 0.05) is 39.3 Å². The summed E-state index contributed by atoms with van der Waals surface area (Å²) in [7, 11) is 3.95. The molecule has 3 aromatic rings. The lowest BCUT2D eigenvalue weighted by Crippen LogP contribution is -2.39. The van der Waals surface area contributed by atoms with Gasteiger partial charge in [-0.25, -0.2) is 9.97 Å². The van der Waals surface area contributed by atoms with Crippen molar-refractivity contribution in [1.29, 1.82) is 0 Å². The van der Waals surface area contributed by atoms with Gasteiger partial charge in [-0.2, -0.15) is 4.98 Å². The summed E-state index contributed by atoms with van der Waals surface area (Å²) in [5.41, 5.74) is 1.75. The van der Waals surface area contributed by atoms with Gasteiger partial charge in [0.05, 0.1) is 0 Å². The van der Waals surface area contributed by atoms with Crippen molar-refractivity contribution in [3.8, 4) is 0 Å². The van der Waals surface area contributed by atoms with Crippen LogP contribution < -0.4 is 15.1 Å². The van der Waals surface area contributed by atoms with E-state index in [-0.39, 0.29) is 0 Å². The van der Waals surface area contributed by atoms with Crippen LogP contribution in [-0.2, 0) is 0 Å². The fraction of sp³-hybridized carbons (Fsp3) is 0.389. The molecule has 2 aromatic heterocycles. The molecule has 1 saturated heterocycles. The van der Waals surface area contributed by atoms with E-state index in [9.17, 15) is 0 Å². The number of nitrogens with one attached hydrogen (secondary N) is 1. The molecule has 1 aliphatic rings. The molecule has 1 aromatic carbocycles. The van der Waals surface area contributed by atoms with Crippen LogP contribution in [0.3, 0.4) is 0 Å². The SMILES string of the molecule is CN(C)c1cc(NC2CCN(c3nc4ccccc4o3)CC2)ncn1. The second kappa shape index (κ2) is 6.58. The lowest BCUT2D eigenvalue weighted by molar-refractivity contribution is 0.481.